The van der Waals surface area contributed by atoms with Crippen LogP contribution in [0.1, 0.15) is 18.1 Å². The first-order valence-corrected chi connectivity index (χ1v) is 11.6. The highest BCUT2D eigenvalue weighted by Crippen LogP contribution is 2.18. The standard InChI is InChI=1S/C18H24N2O4S2/c1-4-16-7-9-17(10-8-16)20(25(3,21)22)14-13-19-26(23,24)18-11-5-15(2)6-12-18/h5-12,19H,4,13-14H2,1-3H3. The highest BCUT2D eigenvalue weighted by Gasteiger charge is 2.19. The second-order valence-corrected chi connectivity index (χ2v) is 9.74. The van der Waals surface area contributed by atoms with Gasteiger partial charge < -0.3 is 0 Å². The molecule has 2 aromatic carbocycles. The number of hydrogen-bond acceptors (Lipinski definition) is 4. The van der Waals surface area contributed by atoms with E-state index in [4.69, 9.17) is 0 Å². The summed E-state index contributed by atoms with van der Waals surface area (Å²) < 4.78 is 52.5. The van der Waals surface area contributed by atoms with E-state index < -0.39 is 20.0 Å². The molecule has 0 aliphatic heterocycles. The summed E-state index contributed by atoms with van der Waals surface area (Å²) in [5, 5.41) is 0. The Hall–Kier alpha value is -1.90. The fourth-order valence-corrected chi connectivity index (χ4v) is 4.42. The Morgan fingerprint density at radius 1 is 0.923 bits per heavy atom. The van der Waals surface area contributed by atoms with Crippen LogP contribution in [0.15, 0.2) is 53.4 Å². The molecular formula is C18H24N2O4S2. The van der Waals surface area contributed by atoms with E-state index in [2.05, 4.69) is 4.72 Å². The van der Waals surface area contributed by atoms with Crippen molar-refractivity contribution in [2.45, 2.75) is 25.2 Å². The number of aryl methyl sites for hydroxylation is 2. The van der Waals surface area contributed by atoms with Crippen LogP contribution in [0.5, 0.6) is 0 Å². The lowest BCUT2D eigenvalue weighted by molar-refractivity contribution is 0.578. The van der Waals surface area contributed by atoms with Gasteiger partial charge in [-0.05, 0) is 43.2 Å². The van der Waals surface area contributed by atoms with Crippen LogP contribution in [-0.2, 0) is 26.5 Å². The number of nitrogens with one attached hydrogen (secondary N) is 1. The van der Waals surface area contributed by atoms with E-state index in [-0.39, 0.29) is 18.0 Å². The van der Waals surface area contributed by atoms with Crippen LogP contribution in [0.4, 0.5) is 5.69 Å². The molecule has 0 saturated heterocycles. The van der Waals surface area contributed by atoms with Crippen LogP contribution in [0.25, 0.3) is 0 Å². The van der Waals surface area contributed by atoms with Crippen molar-refractivity contribution in [1.82, 2.24) is 4.72 Å². The van der Waals surface area contributed by atoms with Crippen molar-refractivity contribution in [2.24, 2.45) is 0 Å². The maximum Gasteiger partial charge on any atom is 0.240 e. The second-order valence-electron chi connectivity index (χ2n) is 6.07. The molecule has 2 aromatic rings. The second kappa shape index (κ2) is 8.20. The van der Waals surface area contributed by atoms with Crippen LogP contribution in [-0.4, -0.2) is 36.2 Å². The minimum Gasteiger partial charge on any atom is -0.269 e. The van der Waals surface area contributed by atoms with Gasteiger partial charge in [-0.25, -0.2) is 21.6 Å². The monoisotopic (exact) mass is 396 g/mol. The third-order valence-electron chi connectivity index (χ3n) is 3.97. The zero-order chi connectivity index (χ0) is 19.4. The largest absolute Gasteiger partial charge is 0.269 e. The Labute approximate surface area is 156 Å². The van der Waals surface area contributed by atoms with Gasteiger partial charge in [0.25, 0.3) is 0 Å². The molecule has 0 fully saturated rings. The smallest absolute Gasteiger partial charge is 0.240 e. The molecule has 0 bridgehead atoms. The number of benzene rings is 2. The van der Waals surface area contributed by atoms with Crippen LogP contribution in [0, 0.1) is 6.92 Å². The van der Waals surface area contributed by atoms with E-state index >= 15 is 0 Å². The number of hydrogen-bond donors (Lipinski definition) is 1. The fourth-order valence-electron chi connectivity index (χ4n) is 2.47. The highest BCUT2D eigenvalue weighted by atomic mass is 32.2. The molecule has 0 unspecified atom stereocenters. The molecule has 0 radical (unpaired) electrons. The van der Waals surface area contributed by atoms with Crippen molar-refractivity contribution in [1.29, 1.82) is 0 Å². The van der Waals surface area contributed by atoms with Crippen LogP contribution < -0.4 is 9.03 Å². The molecule has 8 heteroatoms. The van der Waals surface area contributed by atoms with Gasteiger partial charge in [0.1, 0.15) is 0 Å². The lowest BCUT2D eigenvalue weighted by Gasteiger charge is -2.22. The predicted molar refractivity (Wildman–Crippen MR) is 104 cm³/mol. The zero-order valence-electron chi connectivity index (χ0n) is 15.1. The molecule has 0 amide bonds. The molecule has 0 aromatic heterocycles. The topological polar surface area (TPSA) is 83.6 Å². The molecule has 6 nitrogen and oxygen atoms in total. The molecular weight excluding hydrogens is 372 g/mol. The summed E-state index contributed by atoms with van der Waals surface area (Å²) in [6.07, 6.45) is 1.96. The van der Waals surface area contributed by atoms with Gasteiger partial charge in [0.05, 0.1) is 16.8 Å². The first-order chi connectivity index (χ1) is 12.1. The summed E-state index contributed by atoms with van der Waals surface area (Å²) in [6.45, 7) is 3.87. The Morgan fingerprint density at radius 3 is 2.00 bits per heavy atom. The highest BCUT2D eigenvalue weighted by molar-refractivity contribution is 7.92. The lowest BCUT2D eigenvalue weighted by Crippen LogP contribution is -2.38. The third kappa shape index (κ3) is 5.30. The summed E-state index contributed by atoms with van der Waals surface area (Å²) in [6, 6.07) is 13.7. The van der Waals surface area contributed by atoms with Gasteiger partial charge in [0.15, 0.2) is 0 Å². The number of rotatable bonds is 8. The van der Waals surface area contributed by atoms with Crippen molar-refractivity contribution in [3.05, 3.63) is 59.7 Å². The molecule has 0 atom stereocenters. The summed E-state index contributed by atoms with van der Waals surface area (Å²) in [7, 11) is -7.21. The van der Waals surface area contributed by atoms with E-state index in [1.807, 2.05) is 26.0 Å². The average Bonchev–Trinajstić information content (AvgIpc) is 2.58. The van der Waals surface area contributed by atoms with E-state index in [1.165, 1.54) is 16.4 Å². The summed E-state index contributed by atoms with van der Waals surface area (Å²) in [5.74, 6) is 0. The van der Waals surface area contributed by atoms with Crippen molar-refractivity contribution in [2.75, 3.05) is 23.7 Å². The summed E-state index contributed by atoms with van der Waals surface area (Å²) >= 11 is 0. The normalized spacial score (nSPS) is 12.1. The zero-order valence-corrected chi connectivity index (χ0v) is 16.8. The molecule has 0 aliphatic carbocycles. The number of nitrogens with zero attached hydrogens (tertiary/aromatic N) is 1. The lowest BCUT2D eigenvalue weighted by atomic mass is 10.1. The molecule has 26 heavy (non-hydrogen) atoms. The number of sulfonamides is 2. The minimum absolute atomic E-state index is 0.00932. The summed E-state index contributed by atoms with van der Waals surface area (Å²) in [4.78, 5) is 0.154. The van der Waals surface area contributed by atoms with E-state index in [9.17, 15) is 16.8 Å². The molecule has 142 valence electrons. The first kappa shape index (κ1) is 20.4. The van der Waals surface area contributed by atoms with Crippen molar-refractivity contribution >= 4 is 25.7 Å². The quantitative estimate of drug-likeness (QED) is 0.742. The van der Waals surface area contributed by atoms with Crippen molar-refractivity contribution < 1.29 is 16.8 Å². The maximum atomic E-state index is 12.3. The van der Waals surface area contributed by atoms with Crippen molar-refractivity contribution in [3.63, 3.8) is 0 Å². The van der Waals surface area contributed by atoms with E-state index in [1.54, 1.807) is 24.3 Å². The van der Waals surface area contributed by atoms with Crippen LogP contribution in [0.3, 0.4) is 0 Å². The van der Waals surface area contributed by atoms with Gasteiger partial charge in [-0.3, -0.25) is 4.31 Å². The number of anilines is 1. The fraction of sp³-hybridized carbons (Fsp3) is 0.333. The Bertz CT molecular complexity index is 936. The van der Waals surface area contributed by atoms with Gasteiger partial charge in [-0.2, -0.15) is 0 Å². The molecule has 1 N–H and O–H groups in total. The van der Waals surface area contributed by atoms with E-state index in [0.29, 0.717) is 5.69 Å². The third-order valence-corrected chi connectivity index (χ3v) is 6.64. The Kier molecular flexibility index (Phi) is 6.44. The van der Waals surface area contributed by atoms with Gasteiger partial charge >= 0.3 is 0 Å². The SMILES string of the molecule is CCc1ccc(N(CCNS(=O)(=O)c2ccc(C)cc2)S(C)(=O)=O)cc1. The predicted octanol–water partition coefficient (Wildman–Crippen LogP) is 2.30. The molecule has 2 rings (SSSR count). The maximum absolute atomic E-state index is 12.3. The van der Waals surface area contributed by atoms with Crippen LogP contribution >= 0.6 is 0 Å². The van der Waals surface area contributed by atoms with Gasteiger partial charge in [-0.1, -0.05) is 36.8 Å². The van der Waals surface area contributed by atoms with E-state index in [0.717, 1.165) is 23.8 Å². The molecule has 0 heterocycles. The first-order valence-electron chi connectivity index (χ1n) is 8.26. The molecule has 0 spiro atoms. The summed E-state index contributed by atoms with van der Waals surface area (Å²) in [5.41, 5.74) is 2.57. The minimum atomic E-state index is -3.68. The van der Waals surface area contributed by atoms with Gasteiger partial charge in [0, 0.05) is 13.1 Å². The van der Waals surface area contributed by atoms with Crippen LogP contribution in [0.2, 0.25) is 0 Å². The molecule has 0 saturated carbocycles. The average molecular weight is 397 g/mol. The Balaban J connectivity index is 2.11. The Morgan fingerprint density at radius 2 is 1.50 bits per heavy atom. The molecule has 0 aliphatic rings. The van der Waals surface area contributed by atoms with Gasteiger partial charge in [0.2, 0.25) is 20.0 Å². The van der Waals surface area contributed by atoms with Crippen molar-refractivity contribution in [3.8, 4) is 0 Å². The van der Waals surface area contributed by atoms with Gasteiger partial charge in [-0.15, -0.1) is 0 Å².